The van der Waals surface area contributed by atoms with Crippen LogP contribution in [0, 0.1) is 10.1 Å². The highest BCUT2D eigenvalue weighted by atomic mass is 32.1. The van der Waals surface area contributed by atoms with Gasteiger partial charge in [0, 0.05) is 31.1 Å². The van der Waals surface area contributed by atoms with Gasteiger partial charge in [0.05, 0.1) is 16.2 Å². The lowest BCUT2D eigenvalue weighted by Crippen LogP contribution is -2.12. The zero-order valence-corrected chi connectivity index (χ0v) is 15.6. The molecule has 0 amide bonds. The highest BCUT2D eigenvalue weighted by Crippen LogP contribution is 2.28. The lowest BCUT2D eigenvalue weighted by atomic mass is 10.1. The smallest absolute Gasteiger partial charge is 0.338 e. The molecule has 1 aromatic heterocycles. The number of nitro groups is 1. The monoisotopic (exact) mass is 383 g/mol. The third kappa shape index (κ3) is 4.29. The standard InChI is InChI=1S/C19H17N3O4S/c1-21(2)16-9-8-14(10-17(16)22(24)25)19(23)26-11-15-12-27-18(20-15)13-6-4-3-5-7-13/h3-10,12H,11H2,1-2H3. The maximum atomic E-state index is 12.3. The second kappa shape index (κ2) is 7.96. The van der Waals surface area contributed by atoms with E-state index in [1.807, 2.05) is 35.7 Å². The number of nitrogens with zero attached hydrogens (tertiary/aromatic N) is 3. The molecule has 8 heteroatoms. The highest BCUT2D eigenvalue weighted by molar-refractivity contribution is 7.13. The molecule has 3 aromatic rings. The molecule has 7 nitrogen and oxygen atoms in total. The quantitative estimate of drug-likeness (QED) is 0.361. The molecule has 3 rings (SSSR count). The first kappa shape index (κ1) is 18.5. The molecular weight excluding hydrogens is 366 g/mol. The van der Waals surface area contributed by atoms with Crippen LogP contribution in [0.1, 0.15) is 16.1 Å². The Kier molecular flexibility index (Phi) is 5.46. The Morgan fingerprint density at radius 3 is 2.63 bits per heavy atom. The molecule has 0 saturated carbocycles. The SMILES string of the molecule is CN(C)c1ccc(C(=O)OCc2csc(-c3ccccc3)n2)cc1[N+](=O)[O-]. The fourth-order valence-electron chi connectivity index (χ4n) is 2.48. The summed E-state index contributed by atoms with van der Waals surface area (Å²) in [6, 6.07) is 14.0. The molecule has 0 spiro atoms. The van der Waals surface area contributed by atoms with E-state index < -0.39 is 10.9 Å². The lowest BCUT2D eigenvalue weighted by Gasteiger charge is -2.13. The maximum Gasteiger partial charge on any atom is 0.338 e. The molecule has 0 aliphatic carbocycles. The van der Waals surface area contributed by atoms with E-state index >= 15 is 0 Å². The molecule has 0 radical (unpaired) electrons. The van der Waals surface area contributed by atoms with Crippen LogP contribution in [0.5, 0.6) is 0 Å². The Bertz CT molecular complexity index is 970. The van der Waals surface area contributed by atoms with Gasteiger partial charge in [-0.15, -0.1) is 11.3 Å². The topological polar surface area (TPSA) is 85.6 Å². The van der Waals surface area contributed by atoms with E-state index in [2.05, 4.69) is 4.98 Å². The number of rotatable bonds is 6. The summed E-state index contributed by atoms with van der Waals surface area (Å²) in [4.78, 5) is 29.1. The van der Waals surface area contributed by atoms with E-state index in [0.29, 0.717) is 11.4 Å². The van der Waals surface area contributed by atoms with Crippen molar-refractivity contribution in [2.45, 2.75) is 6.61 Å². The first-order chi connectivity index (χ1) is 13.0. The van der Waals surface area contributed by atoms with Crippen LogP contribution in [-0.2, 0) is 11.3 Å². The van der Waals surface area contributed by atoms with Crippen molar-refractivity contribution in [1.29, 1.82) is 0 Å². The molecule has 0 bridgehead atoms. The van der Waals surface area contributed by atoms with Crippen molar-refractivity contribution in [3.63, 3.8) is 0 Å². The van der Waals surface area contributed by atoms with Crippen LogP contribution in [-0.4, -0.2) is 30.0 Å². The normalized spacial score (nSPS) is 10.4. The summed E-state index contributed by atoms with van der Waals surface area (Å²) >= 11 is 1.46. The van der Waals surface area contributed by atoms with Crippen LogP contribution in [0.2, 0.25) is 0 Å². The minimum Gasteiger partial charge on any atom is -0.456 e. The van der Waals surface area contributed by atoms with E-state index in [9.17, 15) is 14.9 Å². The molecule has 2 aromatic carbocycles. The number of nitro benzene ring substituents is 1. The number of anilines is 1. The van der Waals surface area contributed by atoms with Crippen molar-refractivity contribution in [3.8, 4) is 10.6 Å². The van der Waals surface area contributed by atoms with Gasteiger partial charge < -0.3 is 9.64 Å². The summed E-state index contributed by atoms with van der Waals surface area (Å²) < 4.78 is 5.27. The van der Waals surface area contributed by atoms with E-state index in [4.69, 9.17) is 4.74 Å². The van der Waals surface area contributed by atoms with Gasteiger partial charge in [0.1, 0.15) is 17.3 Å². The molecule has 0 fully saturated rings. The van der Waals surface area contributed by atoms with Crippen molar-refractivity contribution >= 4 is 28.7 Å². The number of hydrogen-bond acceptors (Lipinski definition) is 7. The largest absolute Gasteiger partial charge is 0.456 e. The van der Waals surface area contributed by atoms with Crippen LogP contribution in [0.15, 0.2) is 53.9 Å². The summed E-state index contributed by atoms with van der Waals surface area (Å²) in [6.07, 6.45) is 0. The third-order valence-corrected chi connectivity index (χ3v) is 4.75. The number of benzene rings is 2. The minimum absolute atomic E-state index is 0.00535. The molecule has 0 aliphatic heterocycles. The number of esters is 1. The summed E-state index contributed by atoms with van der Waals surface area (Å²) in [6.45, 7) is 0.00535. The summed E-state index contributed by atoms with van der Waals surface area (Å²) in [5.41, 5.74) is 2.03. The molecule has 27 heavy (non-hydrogen) atoms. The predicted octanol–water partition coefficient (Wildman–Crippen LogP) is 4.14. The second-order valence-corrected chi connectivity index (χ2v) is 6.80. The van der Waals surface area contributed by atoms with E-state index in [0.717, 1.165) is 10.6 Å². The van der Waals surface area contributed by atoms with E-state index in [-0.39, 0.29) is 17.9 Å². The maximum absolute atomic E-state index is 12.3. The van der Waals surface area contributed by atoms with Gasteiger partial charge >= 0.3 is 5.97 Å². The van der Waals surface area contributed by atoms with Gasteiger partial charge in [0.15, 0.2) is 0 Å². The Hall–Kier alpha value is -3.26. The first-order valence-corrected chi connectivity index (χ1v) is 8.96. The summed E-state index contributed by atoms with van der Waals surface area (Å²) in [7, 11) is 3.40. The van der Waals surface area contributed by atoms with Crippen molar-refractivity contribution in [1.82, 2.24) is 4.98 Å². The van der Waals surface area contributed by atoms with E-state index in [1.54, 1.807) is 19.0 Å². The number of ether oxygens (including phenoxy) is 1. The molecule has 1 heterocycles. The molecule has 0 aliphatic rings. The van der Waals surface area contributed by atoms with Gasteiger partial charge in [-0.3, -0.25) is 10.1 Å². The molecule has 0 atom stereocenters. The van der Waals surface area contributed by atoms with Gasteiger partial charge in [-0.25, -0.2) is 9.78 Å². The molecule has 138 valence electrons. The third-order valence-electron chi connectivity index (χ3n) is 3.81. The number of carbonyl (C=O) groups is 1. The van der Waals surface area contributed by atoms with Gasteiger partial charge in [0.2, 0.25) is 0 Å². The van der Waals surface area contributed by atoms with Crippen LogP contribution >= 0.6 is 11.3 Å². The Labute approximate surface area is 160 Å². The van der Waals surface area contributed by atoms with Gasteiger partial charge in [-0.2, -0.15) is 0 Å². The van der Waals surface area contributed by atoms with Crippen molar-refractivity contribution in [2.75, 3.05) is 19.0 Å². The molecular formula is C19H17N3O4S. The average Bonchev–Trinajstić information content (AvgIpc) is 3.15. The Morgan fingerprint density at radius 2 is 1.96 bits per heavy atom. The van der Waals surface area contributed by atoms with Crippen molar-refractivity contribution < 1.29 is 14.5 Å². The Morgan fingerprint density at radius 1 is 1.22 bits per heavy atom. The van der Waals surface area contributed by atoms with E-state index in [1.165, 1.54) is 29.5 Å². The molecule has 0 saturated heterocycles. The highest BCUT2D eigenvalue weighted by Gasteiger charge is 2.19. The van der Waals surface area contributed by atoms with Crippen LogP contribution in [0.25, 0.3) is 10.6 Å². The van der Waals surface area contributed by atoms with Gasteiger partial charge in [-0.05, 0) is 12.1 Å². The summed E-state index contributed by atoms with van der Waals surface area (Å²) in [5.74, 6) is -0.627. The number of aromatic nitrogens is 1. The Balaban J connectivity index is 1.70. The zero-order chi connectivity index (χ0) is 19.4. The minimum atomic E-state index is -0.627. The van der Waals surface area contributed by atoms with Gasteiger partial charge in [-0.1, -0.05) is 30.3 Å². The van der Waals surface area contributed by atoms with Crippen LogP contribution in [0.3, 0.4) is 0 Å². The fraction of sp³-hybridized carbons (Fsp3) is 0.158. The van der Waals surface area contributed by atoms with Crippen molar-refractivity contribution in [2.24, 2.45) is 0 Å². The first-order valence-electron chi connectivity index (χ1n) is 8.08. The predicted molar refractivity (Wildman–Crippen MR) is 104 cm³/mol. The molecule has 0 unspecified atom stereocenters. The number of carbonyl (C=O) groups excluding carboxylic acids is 1. The lowest BCUT2D eigenvalue weighted by molar-refractivity contribution is -0.384. The second-order valence-electron chi connectivity index (χ2n) is 5.94. The van der Waals surface area contributed by atoms with Crippen LogP contribution in [0.4, 0.5) is 11.4 Å². The fourth-order valence-corrected chi connectivity index (χ4v) is 3.29. The number of thiazole rings is 1. The number of hydrogen-bond donors (Lipinski definition) is 0. The zero-order valence-electron chi connectivity index (χ0n) is 14.8. The van der Waals surface area contributed by atoms with Gasteiger partial charge in [0.25, 0.3) is 5.69 Å². The van der Waals surface area contributed by atoms with Crippen LogP contribution < -0.4 is 4.90 Å². The summed E-state index contributed by atoms with van der Waals surface area (Å²) in [5, 5.41) is 13.9. The molecule has 0 N–H and O–H groups in total. The average molecular weight is 383 g/mol. The van der Waals surface area contributed by atoms with Crippen molar-refractivity contribution in [3.05, 3.63) is 75.3 Å².